The monoisotopic (exact) mass is 305 g/mol. The van der Waals surface area contributed by atoms with Gasteiger partial charge in [-0.1, -0.05) is 12.1 Å². The summed E-state index contributed by atoms with van der Waals surface area (Å²) in [4.78, 5) is 38.2. The van der Waals surface area contributed by atoms with Gasteiger partial charge in [0.2, 0.25) is 5.91 Å². The zero-order valence-electron chi connectivity index (χ0n) is 12.8. The molecule has 1 atom stereocenters. The summed E-state index contributed by atoms with van der Waals surface area (Å²) in [6.45, 7) is 2.18. The third kappa shape index (κ3) is 3.19. The Morgan fingerprint density at radius 1 is 1.27 bits per heavy atom. The van der Waals surface area contributed by atoms with E-state index in [0.717, 1.165) is 4.90 Å². The van der Waals surface area contributed by atoms with Gasteiger partial charge in [-0.2, -0.15) is 0 Å². The van der Waals surface area contributed by atoms with Gasteiger partial charge >= 0.3 is 6.03 Å². The van der Waals surface area contributed by atoms with Crippen molar-refractivity contribution in [1.82, 2.24) is 15.1 Å². The largest absolute Gasteiger partial charge is 0.494 e. The van der Waals surface area contributed by atoms with E-state index in [0.29, 0.717) is 17.9 Å². The van der Waals surface area contributed by atoms with E-state index in [4.69, 9.17) is 4.74 Å². The van der Waals surface area contributed by atoms with Crippen LogP contribution in [0.4, 0.5) is 4.79 Å². The van der Waals surface area contributed by atoms with Crippen LogP contribution in [-0.2, 0) is 9.59 Å². The number of nitrogens with zero attached hydrogens (tertiary/aromatic N) is 2. The lowest BCUT2D eigenvalue weighted by molar-refractivity contribution is -0.135. The van der Waals surface area contributed by atoms with Crippen LogP contribution in [0.3, 0.4) is 0 Å². The van der Waals surface area contributed by atoms with Crippen LogP contribution in [0.15, 0.2) is 24.3 Å². The molecule has 1 fully saturated rings. The lowest BCUT2D eigenvalue weighted by Gasteiger charge is -2.16. The fourth-order valence-corrected chi connectivity index (χ4v) is 2.09. The summed E-state index contributed by atoms with van der Waals surface area (Å²) in [6, 6.07) is 5.62. The lowest BCUT2D eigenvalue weighted by atomic mass is 10.1. The molecule has 1 saturated heterocycles. The van der Waals surface area contributed by atoms with Crippen molar-refractivity contribution >= 4 is 17.8 Å². The summed E-state index contributed by atoms with van der Waals surface area (Å²) < 4.78 is 5.34. The van der Waals surface area contributed by atoms with E-state index in [9.17, 15) is 14.4 Å². The van der Waals surface area contributed by atoms with Crippen molar-refractivity contribution in [3.05, 3.63) is 29.8 Å². The molecule has 0 saturated carbocycles. The van der Waals surface area contributed by atoms with Crippen molar-refractivity contribution in [3.63, 3.8) is 0 Å². The predicted molar refractivity (Wildman–Crippen MR) is 79.3 cm³/mol. The van der Waals surface area contributed by atoms with Gasteiger partial charge < -0.3 is 15.0 Å². The molecule has 0 aliphatic carbocycles. The first kappa shape index (κ1) is 15.8. The fraction of sp³-hybridized carbons (Fsp3) is 0.400. The third-order valence-electron chi connectivity index (χ3n) is 3.34. The number of carbonyl (C=O) groups is 3. The number of likely N-dealkylation sites (N-methyl/N-ethyl adjacent to an activating group) is 1. The van der Waals surface area contributed by atoms with Gasteiger partial charge in [-0.15, -0.1) is 0 Å². The number of hydrogen-bond donors (Lipinski definition) is 1. The Morgan fingerprint density at radius 3 is 2.45 bits per heavy atom. The number of amides is 4. The van der Waals surface area contributed by atoms with Gasteiger partial charge in [-0.3, -0.25) is 14.5 Å². The van der Waals surface area contributed by atoms with E-state index in [1.165, 1.54) is 4.90 Å². The third-order valence-corrected chi connectivity index (χ3v) is 3.34. The van der Waals surface area contributed by atoms with Crippen molar-refractivity contribution in [3.8, 4) is 5.75 Å². The highest BCUT2D eigenvalue weighted by atomic mass is 16.5. The lowest BCUT2D eigenvalue weighted by Crippen LogP contribution is -2.40. The number of imide groups is 1. The summed E-state index contributed by atoms with van der Waals surface area (Å²) in [6.07, 6.45) is 0. The van der Waals surface area contributed by atoms with E-state index in [1.807, 2.05) is 6.92 Å². The van der Waals surface area contributed by atoms with Gasteiger partial charge in [0.1, 0.15) is 18.3 Å². The average molecular weight is 305 g/mol. The van der Waals surface area contributed by atoms with E-state index < -0.39 is 18.0 Å². The summed E-state index contributed by atoms with van der Waals surface area (Å²) in [5, 5.41) is 2.59. The maximum absolute atomic E-state index is 12.3. The minimum absolute atomic E-state index is 0.259. The Labute approximate surface area is 128 Å². The summed E-state index contributed by atoms with van der Waals surface area (Å²) in [5.41, 5.74) is 0.654. The Kier molecular flexibility index (Phi) is 4.65. The van der Waals surface area contributed by atoms with Gasteiger partial charge in [-0.05, 0) is 24.6 Å². The predicted octanol–water partition coefficient (Wildman–Crippen LogP) is 0.766. The minimum Gasteiger partial charge on any atom is -0.494 e. The maximum atomic E-state index is 12.3. The Bertz CT molecular complexity index is 583. The Hall–Kier alpha value is -2.57. The van der Waals surface area contributed by atoms with Crippen LogP contribution in [0, 0.1) is 0 Å². The molecule has 1 aromatic rings. The van der Waals surface area contributed by atoms with Gasteiger partial charge in [0.05, 0.1) is 6.61 Å². The quantitative estimate of drug-likeness (QED) is 0.815. The average Bonchev–Trinajstić information content (AvgIpc) is 2.76. The summed E-state index contributed by atoms with van der Waals surface area (Å²) >= 11 is 0. The SMILES string of the molecule is CCOc1ccc([C@H]2NC(=O)N(CC(=O)N(C)C)C2=O)cc1. The highest BCUT2D eigenvalue weighted by Gasteiger charge is 2.39. The van der Waals surface area contributed by atoms with Crippen molar-refractivity contribution in [2.45, 2.75) is 13.0 Å². The van der Waals surface area contributed by atoms with Crippen LogP contribution < -0.4 is 10.1 Å². The molecule has 1 aliphatic heterocycles. The number of urea groups is 1. The molecule has 2 rings (SSSR count). The number of nitrogens with one attached hydrogen (secondary N) is 1. The molecular formula is C15H19N3O4. The molecule has 1 aromatic carbocycles. The molecular weight excluding hydrogens is 286 g/mol. The molecule has 4 amide bonds. The van der Waals surface area contributed by atoms with Gasteiger partial charge in [0.25, 0.3) is 5.91 Å². The molecule has 0 bridgehead atoms. The van der Waals surface area contributed by atoms with Gasteiger partial charge in [-0.25, -0.2) is 4.79 Å². The molecule has 1 aliphatic rings. The standard InChI is InChI=1S/C15H19N3O4/c1-4-22-11-7-5-10(6-8-11)13-14(20)18(15(21)16-13)9-12(19)17(2)3/h5-8,13H,4,9H2,1-3H3,(H,16,21)/t13-/m1/s1. The van der Waals surface area contributed by atoms with Crippen LogP contribution in [-0.4, -0.2) is 54.9 Å². The number of benzene rings is 1. The first-order chi connectivity index (χ1) is 10.4. The van der Waals surface area contributed by atoms with Crippen LogP contribution in [0.2, 0.25) is 0 Å². The molecule has 1 N–H and O–H groups in total. The van der Waals surface area contributed by atoms with Crippen molar-refractivity contribution in [2.24, 2.45) is 0 Å². The van der Waals surface area contributed by atoms with Crippen LogP contribution in [0.5, 0.6) is 5.75 Å². The number of rotatable bonds is 5. The molecule has 0 radical (unpaired) electrons. The van der Waals surface area contributed by atoms with Gasteiger partial charge in [0, 0.05) is 14.1 Å². The van der Waals surface area contributed by atoms with E-state index >= 15 is 0 Å². The molecule has 1 heterocycles. The first-order valence-corrected chi connectivity index (χ1v) is 6.98. The maximum Gasteiger partial charge on any atom is 0.325 e. The second kappa shape index (κ2) is 6.46. The number of hydrogen-bond acceptors (Lipinski definition) is 4. The number of ether oxygens (including phenoxy) is 1. The fourth-order valence-electron chi connectivity index (χ4n) is 2.09. The molecule has 0 unspecified atom stereocenters. The summed E-state index contributed by atoms with van der Waals surface area (Å²) in [5.74, 6) is -0.0390. The second-order valence-electron chi connectivity index (χ2n) is 5.10. The minimum atomic E-state index is -0.766. The second-order valence-corrected chi connectivity index (χ2v) is 5.10. The molecule has 7 heteroatoms. The van der Waals surface area contributed by atoms with Crippen molar-refractivity contribution < 1.29 is 19.1 Å². The van der Waals surface area contributed by atoms with Crippen molar-refractivity contribution in [2.75, 3.05) is 27.2 Å². The smallest absolute Gasteiger partial charge is 0.325 e. The summed E-state index contributed by atoms with van der Waals surface area (Å²) in [7, 11) is 3.15. The normalized spacial score (nSPS) is 17.4. The van der Waals surface area contributed by atoms with Crippen LogP contribution in [0.25, 0.3) is 0 Å². The van der Waals surface area contributed by atoms with Crippen LogP contribution in [0.1, 0.15) is 18.5 Å². The topological polar surface area (TPSA) is 79.0 Å². The van der Waals surface area contributed by atoms with E-state index in [2.05, 4.69) is 5.32 Å². The van der Waals surface area contributed by atoms with Crippen molar-refractivity contribution in [1.29, 1.82) is 0 Å². The molecule has 0 spiro atoms. The zero-order chi connectivity index (χ0) is 16.3. The molecule has 118 valence electrons. The highest BCUT2D eigenvalue weighted by Crippen LogP contribution is 2.24. The van der Waals surface area contributed by atoms with E-state index in [1.54, 1.807) is 38.4 Å². The first-order valence-electron chi connectivity index (χ1n) is 6.98. The molecule has 7 nitrogen and oxygen atoms in total. The number of carbonyl (C=O) groups excluding carboxylic acids is 3. The Morgan fingerprint density at radius 2 is 1.91 bits per heavy atom. The van der Waals surface area contributed by atoms with Crippen LogP contribution >= 0.6 is 0 Å². The molecule has 0 aromatic heterocycles. The van der Waals surface area contributed by atoms with E-state index in [-0.39, 0.29) is 12.5 Å². The zero-order valence-corrected chi connectivity index (χ0v) is 12.8. The Balaban J connectivity index is 2.12. The highest BCUT2D eigenvalue weighted by molar-refractivity contribution is 6.06. The molecule has 22 heavy (non-hydrogen) atoms. The van der Waals surface area contributed by atoms with Gasteiger partial charge in [0.15, 0.2) is 0 Å².